The molecule has 0 fully saturated rings. The first-order chi connectivity index (χ1) is 9.94. The highest BCUT2D eigenvalue weighted by Gasteiger charge is 2.35. The second kappa shape index (κ2) is 5.67. The van der Waals surface area contributed by atoms with Crippen LogP contribution in [0.4, 0.5) is 13.2 Å². The van der Waals surface area contributed by atoms with E-state index in [1.807, 2.05) is 0 Å². The zero-order chi connectivity index (χ0) is 15.5. The lowest BCUT2D eigenvalue weighted by Crippen LogP contribution is -2.07. The van der Waals surface area contributed by atoms with Crippen molar-refractivity contribution in [1.29, 1.82) is 5.26 Å². The van der Waals surface area contributed by atoms with Crippen LogP contribution in [0.15, 0.2) is 42.5 Å². The minimum absolute atomic E-state index is 0.106. The third-order valence-electron chi connectivity index (χ3n) is 2.64. The van der Waals surface area contributed by atoms with Crippen molar-refractivity contribution in [3.63, 3.8) is 0 Å². The molecule has 0 atom stereocenters. The van der Waals surface area contributed by atoms with Gasteiger partial charge in [-0.05, 0) is 30.3 Å². The molecule has 0 unspecified atom stereocenters. The summed E-state index contributed by atoms with van der Waals surface area (Å²) >= 11 is 0. The molecule has 2 aromatic rings. The number of nitriles is 1. The molecule has 0 aliphatic rings. The molecule has 0 N–H and O–H groups in total. The molecule has 0 bridgehead atoms. The molecule has 0 spiro atoms. The summed E-state index contributed by atoms with van der Waals surface area (Å²) in [6.45, 7) is 0. The highest BCUT2D eigenvalue weighted by atomic mass is 19.4. The standard InChI is InChI=1S/C15H8F3NO2/c16-15(17,18)13-7-10(8-19)4-5-14(13)21-12-3-1-2-11(6-12)9-20/h1-7,9H. The van der Waals surface area contributed by atoms with E-state index in [0.717, 1.165) is 12.1 Å². The molecule has 0 heterocycles. The Kier molecular flexibility index (Phi) is 3.94. The Morgan fingerprint density at radius 2 is 1.90 bits per heavy atom. The molecule has 6 heteroatoms. The average Bonchev–Trinajstić information content (AvgIpc) is 2.46. The van der Waals surface area contributed by atoms with Gasteiger partial charge >= 0.3 is 6.18 Å². The second-order valence-electron chi connectivity index (χ2n) is 4.11. The number of hydrogen-bond donors (Lipinski definition) is 0. The summed E-state index contributed by atoms with van der Waals surface area (Å²) in [6.07, 6.45) is -4.08. The quantitative estimate of drug-likeness (QED) is 0.797. The smallest absolute Gasteiger partial charge is 0.420 e. The third-order valence-corrected chi connectivity index (χ3v) is 2.64. The largest absolute Gasteiger partial charge is 0.457 e. The van der Waals surface area contributed by atoms with Crippen molar-refractivity contribution >= 4 is 6.29 Å². The predicted octanol–water partition coefficient (Wildman–Crippen LogP) is 4.18. The van der Waals surface area contributed by atoms with E-state index in [9.17, 15) is 18.0 Å². The van der Waals surface area contributed by atoms with Gasteiger partial charge in [0, 0.05) is 5.56 Å². The minimum Gasteiger partial charge on any atom is -0.457 e. The molecule has 0 saturated heterocycles. The number of hydrogen-bond acceptors (Lipinski definition) is 3. The van der Waals surface area contributed by atoms with Crippen LogP contribution in [0.25, 0.3) is 0 Å². The van der Waals surface area contributed by atoms with Crippen LogP contribution >= 0.6 is 0 Å². The molecule has 21 heavy (non-hydrogen) atoms. The van der Waals surface area contributed by atoms with Crippen molar-refractivity contribution in [2.24, 2.45) is 0 Å². The Morgan fingerprint density at radius 3 is 2.52 bits per heavy atom. The molecule has 3 nitrogen and oxygen atoms in total. The molecular weight excluding hydrogens is 283 g/mol. The second-order valence-corrected chi connectivity index (χ2v) is 4.11. The molecule has 106 valence electrons. The Balaban J connectivity index is 2.44. The van der Waals surface area contributed by atoms with Gasteiger partial charge in [-0.1, -0.05) is 12.1 Å². The number of alkyl halides is 3. The number of halogens is 3. The molecule has 0 radical (unpaired) electrons. The van der Waals surface area contributed by atoms with Crippen molar-refractivity contribution < 1.29 is 22.7 Å². The average molecular weight is 291 g/mol. The number of nitrogens with zero attached hydrogens (tertiary/aromatic N) is 1. The molecular formula is C15H8F3NO2. The first-order valence-corrected chi connectivity index (χ1v) is 5.78. The van der Waals surface area contributed by atoms with Gasteiger partial charge < -0.3 is 4.74 Å². The van der Waals surface area contributed by atoms with E-state index >= 15 is 0 Å². The Bertz CT molecular complexity index is 718. The van der Waals surface area contributed by atoms with E-state index in [1.165, 1.54) is 30.3 Å². The van der Waals surface area contributed by atoms with Crippen LogP contribution in [-0.2, 0) is 6.18 Å². The summed E-state index contributed by atoms with van der Waals surface area (Å²) in [7, 11) is 0. The van der Waals surface area contributed by atoms with Crippen molar-refractivity contribution in [2.45, 2.75) is 6.18 Å². The molecule has 0 aromatic heterocycles. The molecule has 0 amide bonds. The third kappa shape index (κ3) is 3.39. The highest BCUT2D eigenvalue weighted by Crippen LogP contribution is 2.38. The van der Waals surface area contributed by atoms with E-state index in [4.69, 9.17) is 10.00 Å². The lowest BCUT2D eigenvalue weighted by Gasteiger charge is -2.14. The molecule has 0 aliphatic heterocycles. The number of carbonyl (C=O) groups is 1. The number of carbonyl (C=O) groups excluding carboxylic acids is 1. The van der Waals surface area contributed by atoms with E-state index in [2.05, 4.69) is 0 Å². The van der Waals surface area contributed by atoms with Crippen molar-refractivity contribution in [1.82, 2.24) is 0 Å². The Hall–Kier alpha value is -2.81. The van der Waals surface area contributed by atoms with Gasteiger partial charge in [0.2, 0.25) is 0 Å². The zero-order valence-electron chi connectivity index (χ0n) is 10.5. The number of aldehydes is 1. The minimum atomic E-state index is -4.65. The van der Waals surface area contributed by atoms with Gasteiger partial charge in [-0.2, -0.15) is 18.4 Å². The van der Waals surface area contributed by atoms with Crippen molar-refractivity contribution in [3.8, 4) is 17.6 Å². The number of benzene rings is 2. The van der Waals surface area contributed by atoms with Gasteiger partial charge in [0.25, 0.3) is 0 Å². The van der Waals surface area contributed by atoms with Crippen molar-refractivity contribution in [2.75, 3.05) is 0 Å². The van der Waals surface area contributed by atoms with Crippen LogP contribution in [0, 0.1) is 11.3 Å². The summed E-state index contributed by atoms with van der Waals surface area (Å²) in [5, 5.41) is 8.68. The summed E-state index contributed by atoms with van der Waals surface area (Å²) in [4.78, 5) is 10.6. The van der Waals surface area contributed by atoms with Gasteiger partial charge in [-0.15, -0.1) is 0 Å². The lowest BCUT2D eigenvalue weighted by atomic mass is 10.1. The highest BCUT2D eigenvalue weighted by molar-refractivity contribution is 5.75. The maximum Gasteiger partial charge on any atom is 0.420 e. The predicted molar refractivity (Wildman–Crippen MR) is 68.1 cm³/mol. The summed E-state index contributed by atoms with van der Waals surface area (Å²) in [5.41, 5.74) is -0.871. The van der Waals surface area contributed by atoms with Gasteiger partial charge in [0.05, 0.1) is 17.2 Å². The van der Waals surface area contributed by atoms with Gasteiger partial charge in [0.1, 0.15) is 17.8 Å². The number of ether oxygens (including phenoxy) is 1. The van der Waals surface area contributed by atoms with E-state index in [-0.39, 0.29) is 16.9 Å². The molecule has 0 aliphatic carbocycles. The van der Waals surface area contributed by atoms with Gasteiger partial charge in [0.15, 0.2) is 0 Å². The summed E-state index contributed by atoms with van der Waals surface area (Å²) < 4.78 is 44.1. The van der Waals surface area contributed by atoms with Crippen LogP contribution in [0.3, 0.4) is 0 Å². The van der Waals surface area contributed by atoms with Crippen molar-refractivity contribution in [3.05, 3.63) is 59.2 Å². The fraction of sp³-hybridized carbons (Fsp3) is 0.0667. The SMILES string of the molecule is N#Cc1ccc(Oc2cccc(C=O)c2)c(C(F)(F)F)c1. The van der Waals surface area contributed by atoms with Crippen LogP contribution in [0.5, 0.6) is 11.5 Å². The summed E-state index contributed by atoms with van der Waals surface area (Å²) in [5.74, 6) is -0.320. The lowest BCUT2D eigenvalue weighted by molar-refractivity contribution is -0.138. The zero-order valence-corrected chi connectivity index (χ0v) is 10.5. The van der Waals surface area contributed by atoms with Crippen LogP contribution in [0.2, 0.25) is 0 Å². The first kappa shape index (κ1) is 14.6. The number of rotatable bonds is 3. The van der Waals surface area contributed by atoms with Gasteiger partial charge in [-0.3, -0.25) is 4.79 Å². The first-order valence-electron chi connectivity index (χ1n) is 5.78. The van der Waals surface area contributed by atoms with Crippen LogP contribution in [0.1, 0.15) is 21.5 Å². The molecule has 2 rings (SSSR count). The Labute approximate surface area is 118 Å². The normalized spacial score (nSPS) is 10.8. The van der Waals surface area contributed by atoms with E-state index < -0.39 is 17.5 Å². The topological polar surface area (TPSA) is 50.1 Å². The monoisotopic (exact) mass is 291 g/mol. The maximum atomic E-state index is 13.0. The van der Waals surface area contributed by atoms with E-state index in [0.29, 0.717) is 6.29 Å². The maximum absolute atomic E-state index is 13.0. The fourth-order valence-corrected chi connectivity index (χ4v) is 1.69. The van der Waals surface area contributed by atoms with Crippen LogP contribution < -0.4 is 4.74 Å². The molecule has 2 aromatic carbocycles. The Morgan fingerprint density at radius 1 is 1.14 bits per heavy atom. The summed E-state index contributed by atoms with van der Waals surface area (Å²) in [6, 6.07) is 10.4. The fourth-order valence-electron chi connectivity index (χ4n) is 1.69. The van der Waals surface area contributed by atoms with Crippen LogP contribution in [-0.4, -0.2) is 6.29 Å². The van der Waals surface area contributed by atoms with E-state index in [1.54, 1.807) is 6.07 Å². The van der Waals surface area contributed by atoms with Gasteiger partial charge in [-0.25, -0.2) is 0 Å². The molecule has 0 saturated carbocycles.